The van der Waals surface area contributed by atoms with Crippen LogP contribution in [-0.2, 0) is 4.79 Å². The first kappa shape index (κ1) is 19.0. The van der Waals surface area contributed by atoms with Crippen molar-refractivity contribution in [1.82, 2.24) is 20.4 Å². The van der Waals surface area contributed by atoms with E-state index >= 15 is 0 Å². The average molecular weight is 338 g/mol. The highest BCUT2D eigenvalue weighted by atomic mass is 16.2. The fourth-order valence-corrected chi connectivity index (χ4v) is 3.65. The molecule has 0 aromatic carbocycles. The Hall–Kier alpha value is -1.30. The molecule has 6 heteroatoms. The Morgan fingerprint density at radius 3 is 2.71 bits per heavy atom. The Morgan fingerprint density at radius 1 is 1.25 bits per heavy atom. The van der Waals surface area contributed by atoms with Crippen LogP contribution in [0, 0.1) is 11.8 Å². The third kappa shape index (κ3) is 5.65. The molecule has 0 bridgehead atoms. The van der Waals surface area contributed by atoms with Crippen LogP contribution in [0.2, 0.25) is 0 Å². The smallest absolute Gasteiger partial charge is 0.225 e. The van der Waals surface area contributed by atoms with Crippen LogP contribution in [0.15, 0.2) is 4.99 Å². The zero-order chi connectivity index (χ0) is 17.5. The second kappa shape index (κ2) is 9.25. The van der Waals surface area contributed by atoms with Crippen LogP contribution in [0.4, 0.5) is 0 Å². The summed E-state index contributed by atoms with van der Waals surface area (Å²) < 4.78 is 0. The van der Waals surface area contributed by atoms with Crippen LogP contribution in [0.3, 0.4) is 0 Å². The van der Waals surface area contributed by atoms with E-state index in [1.54, 1.807) is 0 Å². The Labute approximate surface area is 147 Å². The third-order valence-electron chi connectivity index (χ3n) is 5.02. The largest absolute Gasteiger partial charge is 0.355 e. The second-order valence-corrected chi connectivity index (χ2v) is 7.62. The monoisotopic (exact) mass is 337 g/mol. The number of nitrogens with one attached hydrogen (secondary N) is 2. The number of carbonyl (C=O) groups excluding carboxylic acids is 1. The molecule has 0 spiro atoms. The van der Waals surface area contributed by atoms with Crippen molar-refractivity contribution in [2.24, 2.45) is 16.8 Å². The van der Waals surface area contributed by atoms with Gasteiger partial charge in [0.05, 0.1) is 0 Å². The lowest BCUT2D eigenvalue weighted by molar-refractivity contribution is -0.133. The van der Waals surface area contributed by atoms with Gasteiger partial charge in [-0.1, -0.05) is 20.8 Å². The number of carbonyl (C=O) groups is 1. The summed E-state index contributed by atoms with van der Waals surface area (Å²) in [6.45, 7) is 12.3. The van der Waals surface area contributed by atoms with Crippen molar-refractivity contribution in [1.29, 1.82) is 0 Å². The molecule has 0 aromatic heterocycles. The van der Waals surface area contributed by atoms with Gasteiger partial charge in [0.1, 0.15) is 0 Å². The predicted molar refractivity (Wildman–Crippen MR) is 99.2 cm³/mol. The van der Waals surface area contributed by atoms with E-state index in [1.807, 2.05) is 25.8 Å². The molecule has 2 aliphatic heterocycles. The zero-order valence-corrected chi connectivity index (χ0v) is 15.8. The van der Waals surface area contributed by atoms with Crippen molar-refractivity contribution in [3.63, 3.8) is 0 Å². The molecule has 1 amide bonds. The predicted octanol–water partition coefficient (Wildman–Crippen LogP) is 1.14. The van der Waals surface area contributed by atoms with Crippen LogP contribution >= 0.6 is 0 Å². The van der Waals surface area contributed by atoms with Gasteiger partial charge in [-0.3, -0.25) is 9.79 Å². The highest BCUT2D eigenvalue weighted by Gasteiger charge is 2.28. The van der Waals surface area contributed by atoms with Gasteiger partial charge in [0, 0.05) is 51.7 Å². The van der Waals surface area contributed by atoms with Crippen molar-refractivity contribution >= 4 is 11.9 Å². The summed E-state index contributed by atoms with van der Waals surface area (Å²) in [6, 6.07) is 0.300. The number of hydrogen-bond acceptors (Lipinski definition) is 3. The second-order valence-electron chi connectivity index (χ2n) is 7.62. The molecule has 2 aliphatic rings. The molecule has 0 radical (unpaired) electrons. The van der Waals surface area contributed by atoms with Gasteiger partial charge in [-0.05, 0) is 31.7 Å². The standard InChI is InChI=1S/C18H35N5O/c1-14(2)17(24)23-10-7-16(13-23)21-18(19-4)20-8-11-22-9-5-6-15(3)12-22/h14-16H,5-13H2,1-4H3,(H2,19,20,21). The van der Waals surface area contributed by atoms with Crippen LogP contribution in [0.25, 0.3) is 0 Å². The van der Waals surface area contributed by atoms with Crippen molar-refractivity contribution in [3.8, 4) is 0 Å². The normalized spacial score (nSPS) is 26.0. The summed E-state index contributed by atoms with van der Waals surface area (Å²) in [7, 11) is 1.81. The maximum atomic E-state index is 12.1. The maximum Gasteiger partial charge on any atom is 0.225 e. The summed E-state index contributed by atoms with van der Waals surface area (Å²) in [5.41, 5.74) is 0. The number of aliphatic imine (C=N–C) groups is 1. The molecular formula is C18H35N5O. The Morgan fingerprint density at radius 2 is 2.04 bits per heavy atom. The Bertz CT molecular complexity index is 437. The molecule has 0 saturated carbocycles. The number of nitrogens with zero attached hydrogens (tertiary/aromatic N) is 3. The average Bonchev–Trinajstić information content (AvgIpc) is 3.01. The van der Waals surface area contributed by atoms with E-state index in [1.165, 1.54) is 25.9 Å². The van der Waals surface area contributed by atoms with E-state index in [-0.39, 0.29) is 11.8 Å². The fourth-order valence-electron chi connectivity index (χ4n) is 3.65. The molecule has 2 atom stereocenters. The first-order chi connectivity index (χ1) is 11.5. The van der Waals surface area contributed by atoms with E-state index < -0.39 is 0 Å². The van der Waals surface area contributed by atoms with Crippen LogP contribution < -0.4 is 10.6 Å². The van der Waals surface area contributed by atoms with E-state index in [9.17, 15) is 4.79 Å². The van der Waals surface area contributed by atoms with Crippen LogP contribution in [0.1, 0.15) is 40.0 Å². The molecule has 2 N–H and O–H groups in total. The molecule has 2 fully saturated rings. The van der Waals surface area contributed by atoms with Gasteiger partial charge in [0.15, 0.2) is 5.96 Å². The van der Waals surface area contributed by atoms with Gasteiger partial charge in [-0.25, -0.2) is 0 Å². The summed E-state index contributed by atoms with van der Waals surface area (Å²) in [6.07, 6.45) is 3.67. The SMILES string of the molecule is CN=C(NCCN1CCCC(C)C1)NC1CCN(C(=O)C(C)C)C1. The number of piperidine rings is 1. The van der Waals surface area contributed by atoms with E-state index in [2.05, 4.69) is 27.4 Å². The first-order valence-electron chi connectivity index (χ1n) is 9.48. The summed E-state index contributed by atoms with van der Waals surface area (Å²) >= 11 is 0. The lowest BCUT2D eigenvalue weighted by Crippen LogP contribution is -2.47. The van der Waals surface area contributed by atoms with Crippen molar-refractivity contribution < 1.29 is 4.79 Å². The highest BCUT2D eigenvalue weighted by molar-refractivity contribution is 5.81. The minimum atomic E-state index is 0.0770. The van der Waals surface area contributed by atoms with Crippen molar-refractivity contribution in [2.75, 3.05) is 46.3 Å². The van der Waals surface area contributed by atoms with Crippen LogP contribution in [0.5, 0.6) is 0 Å². The molecule has 2 heterocycles. The lowest BCUT2D eigenvalue weighted by Gasteiger charge is -2.31. The van der Waals surface area contributed by atoms with Crippen molar-refractivity contribution in [3.05, 3.63) is 0 Å². The number of likely N-dealkylation sites (tertiary alicyclic amines) is 2. The molecule has 138 valence electrons. The third-order valence-corrected chi connectivity index (χ3v) is 5.02. The van der Waals surface area contributed by atoms with Gasteiger partial charge in [0.2, 0.25) is 5.91 Å². The zero-order valence-electron chi connectivity index (χ0n) is 15.8. The number of hydrogen-bond donors (Lipinski definition) is 2. The number of amides is 1. The maximum absolute atomic E-state index is 12.1. The molecule has 0 aliphatic carbocycles. The molecule has 2 saturated heterocycles. The minimum absolute atomic E-state index is 0.0770. The minimum Gasteiger partial charge on any atom is -0.355 e. The Balaban J connectivity index is 1.68. The molecule has 2 rings (SSSR count). The van der Waals surface area contributed by atoms with E-state index in [0.29, 0.717) is 6.04 Å². The summed E-state index contributed by atoms with van der Waals surface area (Å²) in [5, 5.41) is 6.88. The van der Waals surface area contributed by atoms with E-state index in [4.69, 9.17) is 0 Å². The van der Waals surface area contributed by atoms with Crippen molar-refractivity contribution in [2.45, 2.75) is 46.1 Å². The molecule has 0 aromatic rings. The molecular weight excluding hydrogens is 302 g/mol. The lowest BCUT2D eigenvalue weighted by atomic mass is 10.0. The topological polar surface area (TPSA) is 60.0 Å². The summed E-state index contributed by atoms with van der Waals surface area (Å²) in [5.74, 6) is 2.00. The molecule has 2 unspecified atom stereocenters. The van der Waals surface area contributed by atoms with Gasteiger partial charge in [-0.2, -0.15) is 0 Å². The quantitative estimate of drug-likeness (QED) is 0.583. The first-order valence-corrected chi connectivity index (χ1v) is 9.48. The molecule has 24 heavy (non-hydrogen) atoms. The van der Waals surface area contributed by atoms with Gasteiger partial charge < -0.3 is 20.4 Å². The van der Waals surface area contributed by atoms with Crippen LogP contribution in [-0.4, -0.2) is 74.0 Å². The van der Waals surface area contributed by atoms with Gasteiger partial charge in [-0.15, -0.1) is 0 Å². The van der Waals surface area contributed by atoms with E-state index in [0.717, 1.165) is 44.5 Å². The highest BCUT2D eigenvalue weighted by Crippen LogP contribution is 2.14. The number of guanidine groups is 1. The Kier molecular flexibility index (Phi) is 7.34. The number of rotatable bonds is 5. The van der Waals surface area contributed by atoms with Gasteiger partial charge in [0.25, 0.3) is 0 Å². The van der Waals surface area contributed by atoms with Gasteiger partial charge >= 0.3 is 0 Å². The fraction of sp³-hybridized carbons (Fsp3) is 0.889. The molecule has 6 nitrogen and oxygen atoms in total. The summed E-state index contributed by atoms with van der Waals surface area (Å²) in [4.78, 5) is 20.9.